The van der Waals surface area contributed by atoms with Crippen LogP contribution in [0, 0.1) is 18.3 Å². The number of hydrogen-bond donors (Lipinski definition) is 1. The lowest BCUT2D eigenvalue weighted by Gasteiger charge is -2.33. The van der Waals surface area contributed by atoms with Crippen molar-refractivity contribution in [3.05, 3.63) is 88.5 Å². The van der Waals surface area contributed by atoms with Gasteiger partial charge in [0.1, 0.15) is 12.1 Å². The van der Waals surface area contributed by atoms with Gasteiger partial charge in [0.25, 0.3) is 0 Å². The van der Waals surface area contributed by atoms with Crippen LogP contribution in [-0.2, 0) is 11.3 Å². The first-order chi connectivity index (χ1) is 16.5. The standard InChI is InChI=1S/C29H30N2O2Si/c1-20-16-23(28(34)17-24(20)19-31-15-6-5-12-27(31)29(32)33)14-13-22-10-7-11-25(26(22)18-30)21-8-3-2-4-9-21/h2-4,7-11,13-14,16-17,27H,5-6,12,15,19H2,1,34H3,(H,32,33)/b14-13+/t27-/m0/s1. The summed E-state index contributed by atoms with van der Waals surface area (Å²) in [6.07, 6.45) is 6.90. The molecule has 0 bridgehead atoms. The van der Waals surface area contributed by atoms with Crippen molar-refractivity contribution >= 4 is 33.6 Å². The summed E-state index contributed by atoms with van der Waals surface area (Å²) >= 11 is 0. The maximum absolute atomic E-state index is 11.7. The van der Waals surface area contributed by atoms with Gasteiger partial charge in [-0.05, 0) is 54.1 Å². The molecule has 172 valence electrons. The number of carboxylic acids is 1. The van der Waals surface area contributed by atoms with Gasteiger partial charge in [0.2, 0.25) is 0 Å². The van der Waals surface area contributed by atoms with Crippen LogP contribution in [0.25, 0.3) is 23.3 Å². The summed E-state index contributed by atoms with van der Waals surface area (Å²) in [5, 5.41) is 20.8. The van der Waals surface area contributed by atoms with Crippen molar-refractivity contribution in [2.75, 3.05) is 6.54 Å². The van der Waals surface area contributed by atoms with Crippen LogP contribution in [0.2, 0.25) is 0 Å². The van der Waals surface area contributed by atoms with Crippen LogP contribution in [-0.4, -0.2) is 38.8 Å². The number of nitriles is 1. The summed E-state index contributed by atoms with van der Waals surface area (Å²) in [5.41, 5.74) is 7.11. The minimum atomic E-state index is -0.714. The van der Waals surface area contributed by atoms with Crippen LogP contribution in [0.5, 0.6) is 0 Å². The monoisotopic (exact) mass is 466 g/mol. The highest BCUT2D eigenvalue weighted by molar-refractivity contribution is 6.34. The second-order valence-corrected chi connectivity index (χ2v) is 10.1. The van der Waals surface area contributed by atoms with Gasteiger partial charge in [0.05, 0.1) is 5.56 Å². The second kappa shape index (κ2) is 10.6. The molecule has 0 unspecified atom stereocenters. The maximum Gasteiger partial charge on any atom is 0.320 e. The van der Waals surface area contributed by atoms with Crippen molar-refractivity contribution in [3.63, 3.8) is 0 Å². The van der Waals surface area contributed by atoms with E-state index in [1.807, 2.05) is 54.6 Å². The number of aliphatic carboxylic acids is 1. The van der Waals surface area contributed by atoms with Gasteiger partial charge in [-0.15, -0.1) is 0 Å². The molecule has 3 aromatic carbocycles. The number of rotatable bonds is 6. The molecule has 4 nitrogen and oxygen atoms in total. The van der Waals surface area contributed by atoms with E-state index in [0.29, 0.717) is 12.1 Å². The molecule has 4 rings (SSSR count). The molecule has 0 amide bonds. The zero-order chi connectivity index (χ0) is 24.1. The van der Waals surface area contributed by atoms with Crippen molar-refractivity contribution < 1.29 is 9.90 Å². The first kappa shape index (κ1) is 23.7. The Kier molecular flexibility index (Phi) is 7.42. The van der Waals surface area contributed by atoms with Crippen LogP contribution in [0.15, 0.2) is 60.7 Å². The average Bonchev–Trinajstić information content (AvgIpc) is 2.85. The summed E-state index contributed by atoms with van der Waals surface area (Å²) in [6, 6.07) is 22.4. The van der Waals surface area contributed by atoms with E-state index in [-0.39, 0.29) is 6.04 Å². The lowest BCUT2D eigenvalue weighted by atomic mass is 9.95. The van der Waals surface area contributed by atoms with Gasteiger partial charge in [-0.2, -0.15) is 5.26 Å². The molecule has 0 spiro atoms. The SMILES string of the molecule is Cc1cc(/C=C/c2cccc(-c3ccccc3)c2C#N)c([SiH3])cc1CN1CCCC[C@H]1C(=O)O. The summed E-state index contributed by atoms with van der Waals surface area (Å²) in [7, 11) is 0.885. The van der Waals surface area contributed by atoms with Crippen LogP contribution >= 0.6 is 0 Å². The van der Waals surface area contributed by atoms with E-state index in [0.717, 1.165) is 58.3 Å². The Balaban J connectivity index is 1.60. The number of likely N-dealkylation sites (tertiary alicyclic amines) is 1. The van der Waals surface area contributed by atoms with Crippen molar-refractivity contribution in [2.45, 2.75) is 38.8 Å². The number of piperidine rings is 1. The van der Waals surface area contributed by atoms with Crippen molar-refractivity contribution in [3.8, 4) is 17.2 Å². The maximum atomic E-state index is 11.7. The largest absolute Gasteiger partial charge is 0.480 e. The summed E-state index contributed by atoms with van der Waals surface area (Å²) in [5.74, 6) is -0.714. The van der Waals surface area contributed by atoms with E-state index in [9.17, 15) is 15.2 Å². The molecule has 0 saturated carbocycles. The second-order valence-electron chi connectivity index (χ2n) is 9.04. The van der Waals surface area contributed by atoms with Crippen LogP contribution < -0.4 is 5.19 Å². The highest BCUT2D eigenvalue weighted by Gasteiger charge is 2.28. The molecule has 1 aliphatic rings. The lowest BCUT2D eigenvalue weighted by Crippen LogP contribution is -2.44. The molecule has 0 aliphatic carbocycles. The van der Waals surface area contributed by atoms with E-state index in [4.69, 9.17) is 0 Å². The lowest BCUT2D eigenvalue weighted by molar-refractivity contribution is -0.144. The Hall–Kier alpha value is -3.46. The molecular formula is C29H30N2O2Si. The molecule has 34 heavy (non-hydrogen) atoms. The Labute approximate surface area is 204 Å². The van der Waals surface area contributed by atoms with Crippen LogP contribution in [0.4, 0.5) is 0 Å². The Morgan fingerprint density at radius 1 is 1.12 bits per heavy atom. The molecular weight excluding hydrogens is 436 g/mol. The normalized spacial score (nSPS) is 16.5. The zero-order valence-corrected chi connectivity index (χ0v) is 21.8. The minimum absolute atomic E-state index is 0.383. The zero-order valence-electron chi connectivity index (χ0n) is 19.8. The van der Waals surface area contributed by atoms with Gasteiger partial charge < -0.3 is 5.11 Å². The van der Waals surface area contributed by atoms with E-state index < -0.39 is 5.97 Å². The van der Waals surface area contributed by atoms with E-state index in [2.05, 4.69) is 36.1 Å². The number of carbonyl (C=O) groups is 1. The van der Waals surface area contributed by atoms with Gasteiger partial charge >= 0.3 is 5.97 Å². The van der Waals surface area contributed by atoms with Crippen LogP contribution in [0.1, 0.15) is 47.1 Å². The summed E-state index contributed by atoms with van der Waals surface area (Å²) in [4.78, 5) is 13.8. The number of benzene rings is 3. The van der Waals surface area contributed by atoms with Gasteiger partial charge in [-0.1, -0.05) is 84.4 Å². The molecule has 0 radical (unpaired) electrons. The minimum Gasteiger partial charge on any atom is -0.480 e. The van der Waals surface area contributed by atoms with E-state index in [1.165, 1.54) is 16.3 Å². The highest BCUT2D eigenvalue weighted by atomic mass is 28.1. The fraction of sp³-hybridized carbons (Fsp3) is 0.241. The topological polar surface area (TPSA) is 64.3 Å². The molecule has 5 heteroatoms. The number of aryl methyl sites for hydroxylation is 1. The predicted octanol–water partition coefficient (Wildman–Crippen LogP) is 4.13. The van der Waals surface area contributed by atoms with E-state index >= 15 is 0 Å². The molecule has 1 heterocycles. The third-order valence-electron chi connectivity index (χ3n) is 6.73. The molecule has 3 aromatic rings. The van der Waals surface area contributed by atoms with Gasteiger partial charge in [0, 0.05) is 22.4 Å². The quantitative estimate of drug-likeness (QED) is 0.438. The Bertz CT molecular complexity index is 1260. The third-order valence-corrected chi connectivity index (χ3v) is 7.60. The fourth-order valence-electron chi connectivity index (χ4n) is 4.80. The Morgan fingerprint density at radius 3 is 2.62 bits per heavy atom. The Morgan fingerprint density at radius 2 is 1.88 bits per heavy atom. The van der Waals surface area contributed by atoms with Gasteiger partial charge in [0.15, 0.2) is 0 Å². The predicted molar refractivity (Wildman–Crippen MR) is 142 cm³/mol. The number of carboxylic acid groups (broad SMARTS) is 1. The first-order valence-electron chi connectivity index (χ1n) is 11.8. The summed E-state index contributed by atoms with van der Waals surface area (Å²) in [6.45, 7) is 3.62. The van der Waals surface area contributed by atoms with E-state index in [1.54, 1.807) is 0 Å². The summed E-state index contributed by atoms with van der Waals surface area (Å²) < 4.78 is 0. The first-order valence-corrected chi connectivity index (χ1v) is 12.8. The molecule has 1 fully saturated rings. The van der Waals surface area contributed by atoms with Gasteiger partial charge in [-0.3, -0.25) is 9.69 Å². The van der Waals surface area contributed by atoms with Gasteiger partial charge in [-0.25, -0.2) is 0 Å². The number of nitrogens with zero attached hydrogens (tertiary/aromatic N) is 2. The fourth-order valence-corrected chi connectivity index (χ4v) is 5.46. The molecule has 0 aromatic heterocycles. The van der Waals surface area contributed by atoms with Crippen molar-refractivity contribution in [2.24, 2.45) is 0 Å². The number of hydrogen-bond acceptors (Lipinski definition) is 3. The van der Waals surface area contributed by atoms with Crippen LogP contribution in [0.3, 0.4) is 0 Å². The highest BCUT2D eigenvalue weighted by Crippen LogP contribution is 2.27. The molecule has 1 aliphatic heterocycles. The third kappa shape index (κ3) is 5.20. The molecule has 1 saturated heterocycles. The molecule has 1 atom stereocenters. The average molecular weight is 467 g/mol. The van der Waals surface area contributed by atoms with Crippen molar-refractivity contribution in [1.82, 2.24) is 4.90 Å². The smallest absolute Gasteiger partial charge is 0.320 e. The molecule has 1 N–H and O–H groups in total. The van der Waals surface area contributed by atoms with Crippen molar-refractivity contribution in [1.29, 1.82) is 5.26 Å².